The number of azide groups is 1. The molecule has 5 nitrogen and oxygen atoms in total. The van der Waals surface area contributed by atoms with Crippen molar-refractivity contribution >= 4 is 0 Å². The third-order valence-electron chi connectivity index (χ3n) is 3.26. The highest BCUT2D eigenvalue weighted by Crippen LogP contribution is 2.24. The van der Waals surface area contributed by atoms with Crippen LogP contribution >= 0.6 is 0 Å². The van der Waals surface area contributed by atoms with E-state index in [2.05, 4.69) is 29.9 Å². The molecule has 0 bridgehead atoms. The van der Waals surface area contributed by atoms with E-state index in [0.717, 1.165) is 19.3 Å². The second-order valence-electron chi connectivity index (χ2n) is 4.61. The molecule has 0 spiro atoms. The third-order valence-corrected chi connectivity index (χ3v) is 3.26. The predicted octanol–water partition coefficient (Wildman–Crippen LogP) is 2.92. The standard InChI is InChI=1S/C12H22N4O/c1-4-9(5-2)17-11-7-8(3)6-10(12(11)13)15-16-14/h7,9-12H,4-6,13H2,1-3H3. The van der Waals surface area contributed by atoms with Crippen LogP contribution in [0.4, 0.5) is 0 Å². The maximum Gasteiger partial charge on any atom is 0.0917 e. The Bertz CT molecular complexity index is 318. The SMILES string of the molecule is CCC(CC)OC1C=C(C)CC(N=[N+]=[N-])C1N. The quantitative estimate of drug-likeness (QED) is 0.345. The monoisotopic (exact) mass is 238 g/mol. The maximum atomic E-state index is 8.53. The molecule has 0 fully saturated rings. The molecule has 0 radical (unpaired) electrons. The number of nitrogens with zero attached hydrogens (tertiary/aromatic N) is 3. The second kappa shape index (κ2) is 6.64. The maximum absolute atomic E-state index is 8.53. The lowest BCUT2D eigenvalue weighted by atomic mass is 9.90. The van der Waals surface area contributed by atoms with Crippen LogP contribution in [0.25, 0.3) is 10.4 Å². The van der Waals surface area contributed by atoms with Gasteiger partial charge in [-0.2, -0.15) is 0 Å². The zero-order valence-electron chi connectivity index (χ0n) is 10.8. The Hall–Kier alpha value is -1.03. The Morgan fingerprint density at radius 3 is 2.76 bits per heavy atom. The number of hydrogen-bond acceptors (Lipinski definition) is 3. The van der Waals surface area contributed by atoms with E-state index >= 15 is 0 Å². The van der Waals surface area contributed by atoms with Gasteiger partial charge in [0.05, 0.1) is 18.2 Å². The number of rotatable bonds is 5. The Morgan fingerprint density at radius 2 is 2.24 bits per heavy atom. The minimum atomic E-state index is -0.241. The molecule has 0 saturated carbocycles. The van der Waals surface area contributed by atoms with Crippen molar-refractivity contribution in [2.45, 2.75) is 64.3 Å². The van der Waals surface area contributed by atoms with Crippen molar-refractivity contribution in [3.63, 3.8) is 0 Å². The Labute approximate surface area is 103 Å². The Morgan fingerprint density at radius 1 is 1.59 bits per heavy atom. The fourth-order valence-corrected chi connectivity index (χ4v) is 2.16. The van der Waals surface area contributed by atoms with Crippen LogP contribution in [0, 0.1) is 0 Å². The number of nitrogens with two attached hydrogens (primary N) is 1. The van der Waals surface area contributed by atoms with Crippen LogP contribution in [0.15, 0.2) is 16.8 Å². The largest absolute Gasteiger partial charge is 0.369 e. The van der Waals surface area contributed by atoms with Gasteiger partial charge in [0.1, 0.15) is 0 Å². The van der Waals surface area contributed by atoms with Gasteiger partial charge in [-0.3, -0.25) is 0 Å². The normalized spacial score (nSPS) is 28.8. The van der Waals surface area contributed by atoms with E-state index in [-0.39, 0.29) is 24.3 Å². The van der Waals surface area contributed by atoms with E-state index in [1.165, 1.54) is 5.57 Å². The summed E-state index contributed by atoms with van der Waals surface area (Å²) >= 11 is 0. The number of hydrogen-bond donors (Lipinski definition) is 1. The van der Waals surface area contributed by atoms with Crippen molar-refractivity contribution in [3.8, 4) is 0 Å². The lowest BCUT2D eigenvalue weighted by Gasteiger charge is -2.33. The van der Waals surface area contributed by atoms with Gasteiger partial charge in [-0.05, 0) is 31.7 Å². The van der Waals surface area contributed by atoms with Crippen LogP contribution in [-0.2, 0) is 4.74 Å². The van der Waals surface area contributed by atoms with Crippen molar-refractivity contribution in [1.29, 1.82) is 0 Å². The van der Waals surface area contributed by atoms with Crippen LogP contribution in [-0.4, -0.2) is 24.3 Å². The fraction of sp³-hybridized carbons (Fsp3) is 0.833. The lowest BCUT2D eigenvalue weighted by Crippen LogP contribution is -2.48. The van der Waals surface area contributed by atoms with Crippen LogP contribution < -0.4 is 5.73 Å². The molecule has 0 amide bonds. The van der Waals surface area contributed by atoms with Crippen LogP contribution in [0.1, 0.15) is 40.0 Å². The van der Waals surface area contributed by atoms with Crippen LogP contribution in [0.3, 0.4) is 0 Å². The van der Waals surface area contributed by atoms with E-state index in [9.17, 15) is 0 Å². The molecule has 0 aromatic carbocycles. The van der Waals surface area contributed by atoms with Crippen molar-refractivity contribution in [3.05, 3.63) is 22.1 Å². The van der Waals surface area contributed by atoms with Crippen molar-refractivity contribution in [2.24, 2.45) is 10.8 Å². The van der Waals surface area contributed by atoms with Gasteiger partial charge in [-0.15, -0.1) is 0 Å². The molecule has 0 aliphatic heterocycles. The highest BCUT2D eigenvalue weighted by molar-refractivity contribution is 5.15. The third kappa shape index (κ3) is 3.73. The molecular weight excluding hydrogens is 216 g/mol. The van der Waals surface area contributed by atoms with E-state index in [1.54, 1.807) is 0 Å². The van der Waals surface area contributed by atoms with Crippen molar-refractivity contribution < 1.29 is 4.74 Å². The van der Waals surface area contributed by atoms with Gasteiger partial charge in [0.25, 0.3) is 0 Å². The first-order chi connectivity index (χ1) is 8.12. The molecule has 3 atom stereocenters. The smallest absolute Gasteiger partial charge is 0.0917 e. The summed E-state index contributed by atoms with van der Waals surface area (Å²) in [5, 5.41) is 3.76. The molecule has 5 heteroatoms. The molecule has 3 unspecified atom stereocenters. The molecule has 1 rings (SSSR count). The summed E-state index contributed by atoms with van der Waals surface area (Å²) in [5.41, 5.74) is 15.8. The van der Waals surface area contributed by atoms with Gasteiger partial charge in [-0.1, -0.05) is 30.6 Å². The average Bonchev–Trinajstić information content (AvgIpc) is 2.31. The highest BCUT2D eigenvalue weighted by atomic mass is 16.5. The zero-order valence-corrected chi connectivity index (χ0v) is 10.8. The van der Waals surface area contributed by atoms with Gasteiger partial charge in [0.15, 0.2) is 0 Å². The lowest BCUT2D eigenvalue weighted by molar-refractivity contribution is -0.00979. The number of ether oxygens (including phenoxy) is 1. The van der Waals surface area contributed by atoms with Gasteiger partial charge < -0.3 is 10.5 Å². The van der Waals surface area contributed by atoms with Crippen LogP contribution in [0.2, 0.25) is 0 Å². The first-order valence-corrected chi connectivity index (χ1v) is 6.24. The van der Waals surface area contributed by atoms with Gasteiger partial charge >= 0.3 is 0 Å². The summed E-state index contributed by atoms with van der Waals surface area (Å²) in [7, 11) is 0. The molecule has 1 aliphatic rings. The molecule has 96 valence electrons. The minimum Gasteiger partial charge on any atom is -0.369 e. The van der Waals surface area contributed by atoms with Gasteiger partial charge in [0.2, 0.25) is 0 Å². The Kier molecular flexibility index (Phi) is 5.48. The molecule has 2 N–H and O–H groups in total. The fourth-order valence-electron chi connectivity index (χ4n) is 2.16. The first kappa shape index (κ1) is 14.0. The minimum absolute atomic E-state index is 0.135. The highest BCUT2D eigenvalue weighted by Gasteiger charge is 2.30. The molecule has 1 aliphatic carbocycles. The zero-order chi connectivity index (χ0) is 12.8. The molecular formula is C12H22N4O. The topological polar surface area (TPSA) is 84.0 Å². The molecule has 0 aromatic rings. The van der Waals surface area contributed by atoms with Crippen molar-refractivity contribution in [1.82, 2.24) is 0 Å². The van der Waals surface area contributed by atoms with E-state index in [4.69, 9.17) is 16.0 Å². The second-order valence-corrected chi connectivity index (χ2v) is 4.61. The molecule has 17 heavy (non-hydrogen) atoms. The first-order valence-electron chi connectivity index (χ1n) is 6.24. The molecule has 0 heterocycles. The summed E-state index contributed by atoms with van der Waals surface area (Å²) in [4.78, 5) is 2.86. The predicted molar refractivity (Wildman–Crippen MR) is 68.5 cm³/mol. The summed E-state index contributed by atoms with van der Waals surface area (Å²) in [6.07, 6.45) is 4.82. The van der Waals surface area contributed by atoms with Gasteiger partial charge in [-0.25, -0.2) is 0 Å². The van der Waals surface area contributed by atoms with E-state index < -0.39 is 0 Å². The molecule has 0 saturated heterocycles. The van der Waals surface area contributed by atoms with Crippen LogP contribution in [0.5, 0.6) is 0 Å². The summed E-state index contributed by atoms with van der Waals surface area (Å²) in [6, 6.07) is -0.431. The summed E-state index contributed by atoms with van der Waals surface area (Å²) in [6.45, 7) is 6.23. The van der Waals surface area contributed by atoms with E-state index in [1.807, 2.05) is 6.92 Å². The Balaban J connectivity index is 2.76. The molecule has 0 aromatic heterocycles. The van der Waals surface area contributed by atoms with E-state index in [0.29, 0.717) is 0 Å². The van der Waals surface area contributed by atoms with Crippen molar-refractivity contribution in [2.75, 3.05) is 0 Å². The summed E-state index contributed by atoms with van der Waals surface area (Å²) < 4.78 is 5.96. The van der Waals surface area contributed by atoms with Gasteiger partial charge in [0, 0.05) is 11.0 Å². The summed E-state index contributed by atoms with van der Waals surface area (Å²) in [5.74, 6) is 0. The average molecular weight is 238 g/mol.